The molecular weight excluding hydrogens is 332 g/mol. The van der Waals surface area contributed by atoms with Crippen molar-refractivity contribution in [1.29, 1.82) is 0 Å². The van der Waals surface area contributed by atoms with Gasteiger partial charge in [-0.3, -0.25) is 14.9 Å². The second-order valence-corrected chi connectivity index (χ2v) is 5.16. The molecule has 1 N–H and O–H groups in total. The zero-order valence-electron chi connectivity index (χ0n) is 12.9. The van der Waals surface area contributed by atoms with Crippen molar-refractivity contribution in [2.45, 2.75) is 6.92 Å². The van der Waals surface area contributed by atoms with Crippen LogP contribution in [0.3, 0.4) is 0 Å². The second-order valence-electron chi connectivity index (χ2n) is 4.75. The molecule has 0 aliphatic rings. The van der Waals surface area contributed by atoms with Gasteiger partial charge in [-0.1, -0.05) is 17.7 Å². The fourth-order valence-corrected chi connectivity index (χ4v) is 2.12. The summed E-state index contributed by atoms with van der Waals surface area (Å²) in [6, 6.07) is 11.3. The molecule has 0 aliphatic carbocycles. The number of ether oxygens (including phenoxy) is 1. The molecule has 2 aromatic rings. The number of halogens is 1. The molecule has 124 valence electrons. The normalized spacial score (nSPS) is 10.6. The summed E-state index contributed by atoms with van der Waals surface area (Å²) in [6.45, 7) is 2.46. The largest absolute Gasteiger partial charge is 0.494 e. The number of hydrogen-bond acceptors (Lipinski definition) is 4. The van der Waals surface area contributed by atoms with E-state index in [1.54, 1.807) is 30.3 Å². The van der Waals surface area contributed by atoms with Gasteiger partial charge in [-0.25, -0.2) is 0 Å². The predicted octanol–water partition coefficient (Wildman–Crippen LogP) is 4.30. The maximum atomic E-state index is 11.9. The zero-order valence-corrected chi connectivity index (χ0v) is 13.6. The maximum absolute atomic E-state index is 11.9. The van der Waals surface area contributed by atoms with Gasteiger partial charge in [0, 0.05) is 17.8 Å². The van der Waals surface area contributed by atoms with E-state index in [1.807, 2.05) is 6.92 Å². The van der Waals surface area contributed by atoms with Crippen LogP contribution in [0.2, 0.25) is 5.02 Å². The Hall–Kier alpha value is -2.86. The highest BCUT2D eigenvalue weighted by Crippen LogP contribution is 2.25. The van der Waals surface area contributed by atoms with E-state index in [1.165, 1.54) is 24.3 Å². The van der Waals surface area contributed by atoms with Crippen molar-refractivity contribution in [1.82, 2.24) is 0 Å². The van der Waals surface area contributed by atoms with E-state index < -0.39 is 4.92 Å². The van der Waals surface area contributed by atoms with E-state index in [2.05, 4.69) is 5.32 Å². The van der Waals surface area contributed by atoms with Crippen molar-refractivity contribution < 1.29 is 14.5 Å². The Bertz CT molecular complexity index is 773. The Kier molecular flexibility index (Phi) is 5.92. The summed E-state index contributed by atoms with van der Waals surface area (Å²) >= 11 is 5.74. The van der Waals surface area contributed by atoms with E-state index in [0.29, 0.717) is 17.9 Å². The van der Waals surface area contributed by atoms with Gasteiger partial charge < -0.3 is 10.1 Å². The van der Waals surface area contributed by atoms with Crippen LogP contribution in [0.4, 0.5) is 11.4 Å². The molecule has 2 rings (SSSR count). The van der Waals surface area contributed by atoms with Gasteiger partial charge in [0.25, 0.3) is 5.69 Å². The lowest BCUT2D eigenvalue weighted by molar-refractivity contribution is -0.384. The summed E-state index contributed by atoms with van der Waals surface area (Å²) in [6.07, 6.45) is 2.77. The molecule has 0 bridgehead atoms. The molecule has 0 unspecified atom stereocenters. The first-order valence-electron chi connectivity index (χ1n) is 7.15. The smallest absolute Gasteiger partial charge is 0.288 e. The Morgan fingerprint density at radius 2 is 2.00 bits per heavy atom. The summed E-state index contributed by atoms with van der Waals surface area (Å²) in [5.74, 6) is 0.372. The number of hydrogen-bond donors (Lipinski definition) is 1. The van der Waals surface area contributed by atoms with Gasteiger partial charge in [0.05, 0.1) is 11.5 Å². The maximum Gasteiger partial charge on any atom is 0.288 e. The minimum atomic E-state index is -0.570. The van der Waals surface area contributed by atoms with E-state index in [4.69, 9.17) is 16.3 Å². The highest BCUT2D eigenvalue weighted by atomic mass is 35.5. The number of anilines is 1. The topological polar surface area (TPSA) is 81.5 Å². The Balaban J connectivity index is 2.02. The molecule has 0 fully saturated rings. The summed E-state index contributed by atoms with van der Waals surface area (Å²) in [5, 5.41) is 13.6. The van der Waals surface area contributed by atoms with Crippen LogP contribution in [0, 0.1) is 10.1 Å². The van der Waals surface area contributed by atoms with Crippen LogP contribution in [-0.2, 0) is 4.79 Å². The number of nitrogens with zero attached hydrogens (tertiary/aromatic N) is 1. The molecule has 0 aliphatic heterocycles. The molecule has 0 aromatic heterocycles. The monoisotopic (exact) mass is 346 g/mol. The third kappa shape index (κ3) is 4.82. The number of amides is 1. The summed E-state index contributed by atoms with van der Waals surface area (Å²) < 4.78 is 5.32. The van der Waals surface area contributed by atoms with Crippen LogP contribution in [-0.4, -0.2) is 17.4 Å². The standard InChI is InChI=1S/C17H15ClN2O4/c1-2-24-14-7-5-13(6-8-14)19-17(21)10-4-12-3-9-15(18)16(11-12)20(22)23/h3-11H,2H2,1H3,(H,19,21)/b10-4+. The summed E-state index contributed by atoms with van der Waals surface area (Å²) in [4.78, 5) is 22.2. The first-order valence-corrected chi connectivity index (χ1v) is 7.53. The molecule has 6 nitrogen and oxygen atoms in total. The average molecular weight is 347 g/mol. The first kappa shape index (κ1) is 17.5. The summed E-state index contributed by atoms with van der Waals surface area (Å²) in [7, 11) is 0. The molecule has 0 atom stereocenters. The average Bonchev–Trinajstić information content (AvgIpc) is 2.56. The van der Waals surface area contributed by atoms with E-state index >= 15 is 0 Å². The van der Waals surface area contributed by atoms with Crippen molar-refractivity contribution in [2.75, 3.05) is 11.9 Å². The van der Waals surface area contributed by atoms with Crippen molar-refractivity contribution in [2.24, 2.45) is 0 Å². The number of nitro groups is 1. The minimum absolute atomic E-state index is 0.0518. The highest BCUT2D eigenvalue weighted by molar-refractivity contribution is 6.32. The van der Waals surface area contributed by atoms with Crippen molar-refractivity contribution >= 4 is 35.0 Å². The third-order valence-corrected chi connectivity index (χ3v) is 3.35. The van der Waals surface area contributed by atoms with Crippen molar-refractivity contribution in [3.05, 3.63) is 69.2 Å². The molecular formula is C17H15ClN2O4. The number of nitro benzene ring substituents is 1. The molecule has 2 aromatic carbocycles. The van der Waals surface area contributed by atoms with Crippen molar-refractivity contribution in [3.8, 4) is 5.75 Å². The molecule has 1 amide bonds. The number of carbonyl (C=O) groups is 1. The lowest BCUT2D eigenvalue weighted by Gasteiger charge is -2.05. The molecule has 24 heavy (non-hydrogen) atoms. The van der Waals surface area contributed by atoms with Gasteiger partial charge >= 0.3 is 0 Å². The van der Waals surface area contributed by atoms with Gasteiger partial charge in [0.15, 0.2) is 0 Å². The zero-order chi connectivity index (χ0) is 17.5. The lowest BCUT2D eigenvalue weighted by atomic mass is 10.2. The fraction of sp³-hybridized carbons (Fsp3) is 0.118. The third-order valence-electron chi connectivity index (χ3n) is 3.03. The van der Waals surface area contributed by atoms with Gasteiger partial charge in [-0.05, 0) is 48.9 Å². The molecule has 0 heterocycles. The number of benzene rings is 2. The van der Waals surface area contributed by atoms with Crippen LogP contribution in [0.1, 0.15) is 12.5 Å². The van der Waals surface area contributed by atoms with E-state index in [-0.39, 0.29) is 16.6 Å². The molecule has 0 saturated heterocycles. The van der Waals surface area contributed by atoms with Gasteiger partial charge in [0.2, 0.25) is 5.91 Å². The number of carbonyl (C=O) groups excluding carboxylic acids is 1. The minimum Gasteiger partial charge on any atom is -0.494 e. The number of nitrogens with one attached hydrogen (secondary N) is 1. The Morgan fingerprint density at radius 3 is 2.62 bits per heavy atom. The van der Waals surface area contributed by atoms with Crippen LogP contribution in [0.15, 0.2) is 48.5 Å². The van der Waals surface area contributed by atoms with Crippen LogP contribution in [0.25, 0.3) is 6.08 Å². The van der Waals surface area contributed by atoms with E-state index in [9.17, 15) is 14.9 Å². The fourth-order valence-electron chi connectivity index (χ4n) is 1.93. The SMILES string of the molecule is CCOc1ccc(NC(=O)/C=C/c2ccc(Cl)c([N+](=O)[O-])c2)cc1. The highest BCUT2D eigenvalue weighted by Gasteiger charge is 2.11. The van der Waals surface area contributed by atoms with Crippen molar-refractivity contribution in [3.63, 3.8) is 0 Å². The van der Waals surface area contributed by atoms with Gasteiger partial charge in [0.1, 0.15) is 10.8 Å². The quantitative estimate of drug-likeness (QED) is 0.480. The Labute approximate surface area is 143 Å². The van der Waals surface area contributed by atoms with Crippen LogP contribution < -0.4 is 10.1 Å². The second kappa shape index (κ2) is 8.12. The first-order chi connectivity index (χ1) is 11.5. The Morgan fingerprint density at radius 1 is 1.29 bits per heavy atom. The molecule has 0 spiro atoms. The van der Waals surface area contributed by atoms with Crippen LogP contribution >= 0.6 is 11.6 Å². The summed E-state index contributed by atoms with van der Waals surface area (Å²) in [5.41, 5.74) is 0.925. The lowest BCUT2D eigenvalue weighted by Crippen LogP contribution is -2.07. The predicted molar refractivity (Wildman–Crippen MR) is 93.4 cm³/mol. The molecule has 7 heteroatoms. The molecule has 0 radical (unpaired) electrons. The molecule has 0 saturated carbocycles. The van der Waals surface area contributed by atoms with E-state index in [0.717, 1.165) is 5.75 Å². The number of rotatable bonds is 6. The van der Waals surface area contributed by atoms with Gasteiger partial charge in [-0.2, -0.15) is 0 Å². The van der Waals surface area contributed by atoms with Gasteiger partial charge in [-0.15, -0.1) is 0 Å². The van der Waals surface area contributed by atoms with Crippen LogP contribution in [0.5, 0.6) is 5.75 Å².